The summed E-state index contributed by atoms with van der Waals surface area (Å²) in [6, 6.07) is 167. The summed E-state index contributed by atoms with van der Waals surface area (Å²) in [4.78, 5) is 12.2. The van der Waals surface area contributed by atoms with Gasteiger partial charge in [-0.3, -0.25) is 0 Å². The van der Waals surface area contributed by atoms with Crippen LogP contribution in [0.5, 0.6) is 0 Å². The molecule has 129 heavy (non-hydrogen) atoms. The van der Waals surface area contributed by atoms with Crippen LogP contribution < -0.4 is 0 Å². The Morgan fingerprint density at radius 2 is 0.597 bits per heavy atom. The Balaban J connectivity index is 0.000000120. The van der Waals surface area contributed by atoms with Crippen LogP contribution in [0.3, 0.4) is 0 Å². The van der Waals surface area contributed by atoms with Crippen molar-refractivity contribution in [3.05, 3.63) is 466 Å². The number of hydrogen-bond acceptors (Lipinski definition) is 2. The topological polar surface area (TPSA) is 56.4 Å². The average molecular weight is 1660 g/mol. The monoisotopic (exact) mass is 1660 g/mol. The number of H-pyrrole nitrogens is 1. The predicted molar refractivity (Wildman–Crippen MR) is 547 cm³/mol. The van der Waals surface area contributed by atoms with Crippen LogP contribution in [-0.2, 0) is 0 Å². The van der Waals surface area contributed by atoms with Crippen molar-refractivity contribution in [1.29, 1.82) is 0 Å². The van der Waals surface area contributed by atoms with Crippen LogP contribution in [0.25, 0.3) is 247 Å². The lowest BCUT2D eigenvalue weighted by Crippen LogP contribution is -1.97. The van der Waals surface area contributed by atoms with E-state index in [0.717, 1.165) is 39.2 Å². The van der Waals surface area contributed by atoms with Crippen molar-refractivity contribution in [1.82, 2.24) is 28.7 Å². The fraction of sp³-hybridized carbons (Fsp3) is 0. The third-order valence-electron chi connectivity index (χ3n) is 26.4. The highest BCUT2D eigenvalue weighted by atomic mass is 35.5. The molecule has 0 amide bonds. The third kappa shape index (κ3) is 12.5. The van der Waals surface area contributed by atoms with E-state index >= 15 is 0 Å². The van der Waals surface area contributed by atoms with E-state index in [2.05, 4.69) is 435 Å². The Labute approximate surface area is 748 Å². The zero-order chi connectivity index (χ0) is 85.2. The maximum Gasteiger partial charge on any atom is 0.223 e. The first kappa shape index (κ1) is 74.8. The quantitative estimate of drug-likeness (QED) is 0.116. The molecular formula is C122H77ClN6. The SMILES string of the molecule is Clc1nc(-c2ccccc2)c2ccccc2n1.c1ccc(-c2ccc(-n3c4ccccc4c4c5ccccc5c(-c5cc6c7ccccc7n(-c7cc(-c8ccccc8)c8ccccc8c7)c6c6ccccc56)cc43)cc2)cc1.c1ccc(-c2ccc(-n3c4ccccc4c4c5ccccc5c(-c5cc6cc7c(cc6c6ccccc56)[nH]c5ccccc57)cc43)cc2)cc1. The molecule has 0 bridgehead atoms. The van der Waals surface area contributed by atoms with E-state index in [1.54, 1.807) is 0 Å². The minimum Gasteiger partial charge on any atom is -0.354 e. The number of aromatic nitrogens is 6. The second kappa shape index (κ2) is 30.9. The molecule has 0 fully saturated rings. The number of benzene rings is 22. The summed E-state index contributed by atoms with van der Waals surface area (Å²) in [5.74, 6) is 0. The first-order valence-electron chi connectivity index (χ1n) is 44.0. The van der Waals surface area contributed by atoms with Gasteiger partial charge in [0.1, 0.15) is 0 Å². The van der Waals surface area contributed by atoms with E-state index in [1.807, 2.05) is 54.6 Å². The summed E-state index contributed by atoms with van der Waals surface area (Å²) < 4.78 is 7.42. The molecule has 0 saturated carbocycles. The van der Waals surface area contributed by atoms with Crippen LogP contribution in [-0.4, -0.2) is 28.7 Å². The highest BCUT2D eigenvalue weighted by Gasteiger charge is 2.26. The van der Waals surface area contributed by atoms with Gasteiger partial charge in [0.15, 0.2) is 0 Å². The molecule has 0 spiro atoms. The van der Waals surface area contributed by atoms with Gasteiger partial charge in [0.25, 0.3) is 0 Å². The lowest BCUT2D eigenvalue weighted by Gasteiger charge is -2.17. The largest absolute Gasteiger partial charge is 0.354 e. The molecule has 602 valence electrons. The molecule has 0 aliphatic heterocycles. The molecule has 27 aromatic rings. The van der Waals surface area contributed by atoms with Gasteiger partial charge in [-0.1, -0.05) is 358 Å². The number of nitrogens with one attached hydrogen (secondary N) is 1. The number of fused-ring (bicyclic) bond motifs is 23. The Kier molecular flexibility index (Phi) is 17.9. The summed E-state index contributed by atoms with van der Waals surface area (Å²) in [7, 11) is 0. The van der Waals surface area contributed by atoms with Crippen LogP contribution in [0, 0.1) is 0 Å². The van der Waals surface area contributed by atoms with Gasteiger partial charge in [0.05, 0.1) is 44.3 Å². The number of para-hydroxylation sites is 5. The smallest absolute Gasteiger partial charge is 0.223 e. The van der Waals surface area contributed by atoms with Gasteiger partial charge in [-0.25, -0.2) is 9.97 Å². The lowest BCUT2D eigenvalue weighted by molar-refractivity contribution is 1.18. The van der Waals surface area contributed by atoms with Gasteiger partial charge in [-0.05, 0) is 230 Å². The first-order chi connectivity index (χ1) is 63.9. The van der Waals surface area contributed by atoms with Gasteiger partial charge in [-0.2, -0.15) is 0 Å². The first-order valence-corrected chi connectivity index (χ1v) is 44.4. The third-order valence-corrected chi connectivity index (χ3v) is 26.5. The molecule has 0 atom stereocenters. The van der Waals surface area contributed by atoms with Crippen molar-refractivity contribution in [2.75, 3.05) is 0 Å². The average Bonchev–Trinajstić information content (AvgIpc) is 1.53. The maximum atomic E-state index is 5.95. The zero-order valence-electron chi connectivity index (χ0n) is 70.0. The van der Waals surface area contributed by atoms with E-state index in [0.29, 0.717) is 0 Å². The second-order valence-corrected chi connectivity index (χ2v) is 33.9. The summed E-state index contributed by atoms with van der Waals surface area (Å²) in [6.07, 6.45) is 0. The fourth-order valence-corrected chi connectivity index (χ4v) is 20.8. The number of halogens is 1. The van der Waals surface area contributed by atoms with Crippen molar-refractivity contribution in [3.8, 4) is 84.0 Å². The molecule has 6 nitrogen and oxygen atoms in total. The molecule has 27 rings (SSSR count). The highest BCUT2D eigenvalue weighted by Crippen LogP contribution is 2.50. The molecule has 0 radical (unpaired) electrons. The van der Waals surface area contributed by atoms with Gasteiger partial charge < -0.3 is 18.7 Å². The minimum absolute atomic E-state index is 0.280. The molecule has 7 heteroatoms. The highest BCUT2D eigenvalue weighted by molar-refractivity contribution is 6.31. The van der Waals surface area contributed by atoms with Crippen molar-refractivity contribution in [2.24, 2.45) is 0 Å². The van der Waals surface area contributed by atoms with Crippen molar-refractivity contribution >= 4 is 174 Å². The number of hydrogen-bond donors (Lipinski definition) is 1. The van der Waals surface area contributed by atoms with Crippen molar-refractivity contribution in [3.63, 3.8) is 0 Å². The zero-order valence-corrected chi connectivity index (χ0v) is 70.7. The summed E-state index contributed by atoms with van der Waals surface area (Å²) in [5.41, 5.74) is 28.1. The Morgan fingerprint density at radius 1 is 0.194 bits per heavy atom. The van der Waals surface area contributed by atoms with Crippen LogP contribution >= 0.6 is 11.6 Å². The molecule has 0 saturated heterocycles. The van der Waals surface area contributed by atoms with E-state index in [9.17, 15) is 0 Å². The summed E-state index contributed by atoms with van der Waals surface area (Å²) >= 11 is 5.95. The molecule has 5 heterocycles. The van der Waals surface area contributed by atoms with E-state index < -0.39 is 0 Å². The summed E-state index contributed by atoms with van der Waals surface area (Å²) in [6.45, 7) is 0. The Hall–Kier alpha value is -16.8. The molecule has 5 aromatic heterocycles. The van der Waals surface area contributed by atoms with Crippen molar-refractivity contribution < 1.29 is 0 Å². The Bertz CT molecular complexity index is 9170. The predicted octanol–water partition coefficient (Wildman–Crippen LogP) is 33.5. The fourth-order valence-electron chi connectivity index (χ4n) is 20.7. The molecule has 0 aliphatic carbocycles. The Morgan fingerprint density at radius 3 is 1.16 bits per heavy atom. The lowest BCUT2D eigenvalue weighted by atomic mass is 9.89. The van der Waals surface area contributed by atoms with E-state index in [4.69, 9.17) is 11.6 Å². The number of aromatic amines is 1. The maximum absolute atomic E-state index is 5.95. The molecule has 0 unspecified atom stereocenters. The molecule has 0 aliphatic rings. The normalized spacial score (nSPS) is 11.8. The number of nitrogens with zero attached hydrogens (tertiary/aromatic N) is 5. The van der Waals surface area contributed by atoms with Crippen LogP contribution in [0.1, 0.15) is 0 Å². The van der Waals surface area contributed by atoms with Gasteiger partial charge in [-0.15, -0.1) is 0 Å². The van der Waals surface area contributed by atoms with Crippen LogP contribution in [0.4, 0.5) is 0 Å². The second-order valence-electron chi connectivity index (χ2n) is 33.5. The molecule has 22 aromatic carbocycles. The number of rotatable bonds is 9. The van der Waals surface area contributed by atoms with Crippen LogP contribution in [0.15, 0.2) is 461 Å². The van der Waals surface area contributed by atoms with Gasteiger partial charge in [0, 0.05) is 87.5 Å². The van der Waals surface area contributed by atoms with E-state index in [1.165, 1.54) is 207 Å². The minimum atomic E-state index is 0.280. The van der Waals surface area contributed by atoms with Gasteiger partial charge in [0.2, 0.25) is 5.28 Å². The standard InChI is InChI=1S/C60H38N2.C48H30N2.C14H9ClN2/c1-3-17-39(18-4-1)40-31-33-43(34-32-40)61-57-30-16-14-28-51(57)59-49-26-11-9-23-46(49)54(38-58(59)61)53-37-55-48-25-13-15-29-56(48)62(60(55)50-27-12-10-24-47(50)53)44-35-42-21-7-8-22-45(42)52(36-44)41-19-5-2-6-20-41;1-2-12-30(13-3-1)31-22-24-33(25-23-31)50-46-21-11-9-19-39(46)48-38-18-7-6-16-36(38)42(29-47(48)50)41-26-32-27-43-37-17-8-10-20-44(37)49-45(43)28-40(32)34-14-4-5-15-35(34)41;15-14-16-12-9-5-4-8-11(12)13(17-14)10-6-2-1-3-7-10/h1-38H;1-29,49H;1-9H. The molecule has 1 N–H and O–H groups in total. The van der Waals surface area contributed by atoms with Crippen molar-refractivity contribution in [2.45, 2.75) is 0 Å². The summed E-state index contributed by atoms with van der Waals surface area (Å²) in [5, 5.41) is 26.4. The van der Waals surface area contributed by atoms with Gasteiger partial charge >= 0.3 is 0 Å². The molecular weight excluding hydrogens is 1580 g/mol. The van der Waals surface area contributed by atoms with E-state index in [-0.39, 0.29) is 5.28 Å². The van der Waals surface area contributed by atoms with Crippen LogP contribution in [0.2, 0.25) is 5.28 Å².